The highest BCUT2D eigenvalue weighted by Crippen LogP contribution is 2.42. The van der Waals surface area contributed by atoms with Crippen LogP contribution in [0.2, 0.25) is 0 Å². The van der Waals surface area contributed by atoms with E-state index in [1.165, 1.54) is 0 Å². The van der Waals surface area contributed by atoms with Crippen LogP contribution < -0.4 is 0 Å². The van der Waals surface area contributed by atoms with E-state index < -0.39 is 20.4 Å². The molecule has 1 atom stereocenters. The zero-order valence-corrected chi connectivity index (χ0v) is 10.2. The molecule has 0 fully saturated rings. The van der Waals surface area contributed by atoms with Crippen molar-refractivity contribution in [2.24, 2.45) is 5.10 Å². The molecule has 0 aromatic rings. The van der Waals surface area contributed by atoms with Crippen molar-refractivity contribution >= 4 is 53.5 Å². The Morgan fingerprint density at radius 1 is 1.75 bits per heavy atom. The molecule has 0 N–H and O–H groups in total. The van der Waals surface area contributed by atoms with E-state index in [2.05, 4.69) is 9.84 Å². The molecule has 0 spiro atoms. The van der Waals surface area contributed by atoms with Gasteiger partial charge >= 0.3 is 16.2 Å². The molecule has 2 amide bonds. The van der Waals surface area contributed by atoms with E-state index in [-0.39, 0.29) is 18.4 Å². The van der Waals surface area contributed by atoms with Crippen molar-refractivity contribution in [3.63, 3.8) is 0 Å². The minimum Gasteiger partial charge on any atom is -0.370 e. The number of rotatable bonds is 6. The molecular formula is C6H6Cl2FN2O4S+. The number of alkyl halides is 3. The van der Waals surface area contributed by atoms with Crippen LogP contribution in [0.1, 0.15) is 0 Å². The van der Waals surface area contributed by atoms with Gasteiger partial charge < -0.3 is 4.74 Å². The molecule has 0 heterocycles. The molecule has 0 saturated carbocycles. The van der Waals surface area contributed by atoms with E-state index in [1.54, 1.807) is 0 Å². The first kappa shape index (κ1) is 15.5. The van der Waals surface area contributed by atoms with Gasteiger partial charge in [-0.15, -0.1) is 0 Å². The molecule has 0 aliphatic rings. The third-order valence-corrected chi connectivity index (χ3v) is 2.47. The number of quaternary nitrogens is 1. The number of nitrogens with zero attached hydrogens (tertiary/aromatic N) is 2. The number of halogens is 3. The molecule has 6 nitrogen and oxygen atoms in total. The van der Waals surface area contributed by atoms with Gasteiger partial charge in [0, 0.05) is 16.2 Å². The monoisotopic (exact) mass is 291 g/mol. The number of methoxy groups -OCH3 is 1. The van der Waals surface area contributed by atoms with Gasteiger partial charge in [-0.3, -0.25) is 0 Å². The summed E-state index contributed by atoms with van der Waals surface area (Å²) in [6.45, 7) is -0.583. The summed E-state index contributed by atoms with van der Waals surface area (Å²) in [6.07, 6.45) is 0.841. The second kappa shape index (κ2) is 6.29. The van der Waals surface area contributed by atoms with Crippen molar-refractivity contribution in [3.05, 3.63) is 0 Å². The molecule has 0 saturated heterocycles. The van der Waals surface area contributed by atoms with Gasteiger partial charge in [0.05, 0.1) is 0 Å². The van der Waals surface area contributed by atoms with Crippen LogP contribution in [0, 0.1) is 0 Å². The molecule has 0 aliphatic heterocycles. The first-order chi connectivity index (χ1) is 7.31. The Kier molecular flexibility index (Phi) is 6.09. The maximum Gasteiger partial charge on any atom is 0.385 e. The summed E-state index contributed by atoms with van der Waals surface area (Å²) in [5, 5.41) is 2.87. The third kappa shape index (κ3) is 4.56. The molecule has 1 unspecified atom stereocenters. The van der Waals surface area contributed by atoms with Crippen molar-refractivity contribution in [3.8, 4) is 0 Å². The van der Waals surface area contributed by atoms with Crippen LogP contribution in [0.3, 0.4) is 0 Å². The summed E-state index contributed by atoms with van der Waals surface area (Å²) in [4.78, 5) is 32.2. The van der Waals surface area contributed by atoms with Gasteiger partial charge in [-0.1, -0.05) is 0 Å². The summed E-state index contributed by atoms with van der Waals surface area (Å²) < 4.78 is 12.7. The van der Waals surface area contributed by atoms with Crippen molar-refractivity contribution < 1.29 is 27.5 Å². The number of carbonyl (C=O) groups excluding carboxylic acids is 3. The number of isocyanates is 1. The smallest absolute Gasteiger partial charge is 0.370 e. The van der Waals surface area contributed by atoms with Crippen LogP contribution in [0.25, 0.3) is 0 Å². The van der Waals surface area contributed by atoms with Crippen LogP contribution >= 0.6 is 35.1 Å². The fraction of sp³-hybridized carbons (Fsp3) is 0.500. The summed E-state index contributed by atoms with van der Waals surface area (Å²) in [7, 11) is 1.16. The average molecular weight is 292 g/mol. The van der Waals surface area contributed by atoms with E-state index >= 15 is 0 Å². The highest BCUT2D eigenvalue weighted by atomic mass is 35.5. The van der Waals surface area contributed by atoms with Crippen molar-refractivity contribution in [2.75, 3.05) is 13.7 Å². The molecule has 0 aliphatic carbocycles. The van der Waals surface area contributed by atoms with Crippen molar-refractivity contribution in [1.29, 1.82) is 0 Å². The van der Waals surface area contributed by atoms with Gasteiger partial charge in [-0.25, -0.2) is 14.4 Å². The summed E-state index contributed by atoms with van der Waals surface area (Å²) in [5.74, 6) is -1.03. The lowest BCUT2D eigenvalue weighted by molar-refractivity contribution is -0.633. The molecule has 0 aromatic carbocycles. The number of hydrogen-bond donors (Lipinski definition) is 0. The maximum absolute atomic E-state index is 12.9. The summed E-state index contributed by atoms with van der Waals surface area (Å²) >= 11 is 9.76. The van der Waals surface area contributed by atoms with Crippen LogP contribution in [0.4, 0.5) is 4.39 Å². The molecule has 16 heavy (non-hydrogen) atoms. The van der Waals surface area contributed by atoms with E-state index in [1.807, 2.05) is 0 Å². The van der Waals surface area contributed by atoms with Crippen LogP contribution in [-0.4, -0.2) is 40.0 Å². The highest BCUT2D eigenvalue weighted by Gasteiger charge is 2.49. The Morgan fingerprint density at radius 3 is 2.62 bits per heavy atom. The first-order valence-corrected chi connectivity index (χ1v) is 5.08. The lowest BCUT2D eigenvalue weighted by atomic mass is 10.6. The Morgan fingerprint density at radius 2 is 2.31 bits per heavy atom. The molecule has 90 valence electrons. The van der Waals surface area contributed by atoms with E-state index in [0.717, 1.165) is 13.2 Å². The fourth-order valence-corrected chi connectivity index (χ4v) is 1.88. The van der Waals surface area contributed by atoms with E-state index in [0.29, 0.717) is 0 Å². The Labute approximate surface area is 104 Å². The van der Waals surface area contributed by atoms with Gasteiger partial charge in [0.1, 0.15) is 0 Å². The number of hydrogen-bond acceptors (Lipinski definition) is 6. The molecule has 0 aromatic heterocycles. The van der Waals surface area contributed by atoms with Gasteiger partial charge in [-0.2, -0.15) is 4.39 Å². The second-order valence-electron chi connectivity index (χ2n) is 2.28. The number of ether oxygens (including phenoxy) is 1. The molecule has 0 bridgehead atoms. The zero-order chi connectivity index (χ0) is 12.8. The molecule has 0 radical (unpaired) electrons. The van der Waals surface area contributed by atoms with E-state index in [9.17, 15) is 18.8 Å². The first-order valence-electron chi connectivity index (χ1n) is 3.55. The largest absolute Gasteiger partial charge is 0.385 e. The Balaban J connectivity index is 5.23. The van der Waals surface area contributed by atoms with E-state index in [4.69, 9.17) is 23.2 Å². The number of imide groups is 1. The van der Waals surface area contributed by atoms with Crippen molar-refractivity contribution in [1.82, 2.24) is 0 Å². The van der Waals surface area contributed by atoms with Gasteiger partial charge in [-0.05, 0) is 23.2 Å². The van der Waals surface area contributed by atoms with Gasteiger partial charge in [0.25, 0.3) is 6.08 Å². The zero-order valence-electron chi connectivity index (χ0n) is 7.85. The topological polar surface area (TPSA) is 72.8 Å². The molecule has 0 rings (SSSR count). The van der Waals surface area contributed by atoms with Gasteiger partial charge in [0.15, 0.2) is 18.6 Å². The Hall–Kier alpha value is -0.500. The lowest BCUT2D eigenvalue weighted by Gasteiger charge is -2.19. The molecular weight excluding hydrogens is 286 g/mol. The fourth-order valence-electron chi connectivity index (χ4n) is 0.665. The highest BCUT2D eigenvalue weighted by molar-refractivity contribution is 7.98. The predicted molar refractivity (Wildman–Crippen MR) is 54.5 cm³/mol. The van der Waals surface area contributed by atoms with Crippen LogP contribution in [0.5, 0.6) is 0 Å². The quantitative estimate of drug-likeness (QED) is 0.139. The molecule has 10 heteroatoms. The Bertz CT molecular complexity index is 331. The number of carbonyl (C=O) groups is 2. The van der Waals surface area contributed by atoms with Crippen molar-refractivity contribution in [2.45, 2.75) is 3.92 Å². The summed E-state index contributed by atoms with van der Waals surface area (Å²) in [5.41, 5.74) is 0. The summed E-state index contributed by atoms with van der Waals surface area (Å²) in [6, 6.07) is 0. The normalized spacial score (nSPS) is 14.8. The predicted octanol–water partition coefficient (Wildman–Crippen LogP) is 1.09. The van der Waals surface area contributed by atoms with Gasteiger partial charge in [0.2, 0.25) is 0 Å². The number of amides is 2. The SMILES string of the molecule is COCC(=O)[N+](C=O)(N=C=O)SC(F)(Cl)Cl. The maximum atomic E-state index is 12.9. The van der Waals surface area contributed by atoms with Crippen LogP contribution in [-0.2, 0) is 19.1 Å². The third-order valence-electron chi connectivity index (χ3n) is 1.20. The van der Waals surface area contributed by atoms with Crippen LogP contribution in [0.15, 0.2) is 5.10 Å². The lowest BCUT2D eigenvalue weighted by Crippen LogP contribution is -2.44. The standard InChI is InChI=1S/C6H6Cl2FN2O4S/c1-15-2-5(14)11(4-13,10-3-12)16-6(7,8)9/h4H,2H2,1H3/q+1. The minimum atomic E-state index is -2.98. The average Bonchev–Trinajstić information content (AvgIpc) is 2.15. The minimum absolute atomic E-state index is 0.115. The second-order valence-corrected chi connectivity index (χ2v) is 5.27.